The smallest absolute Gasteiger partial charge is 0.337 e. The average molecular weight is 315 g/mol. The van der Waals surface area contributed by atoms with Gasteiger partial charge in [0.15, 0.2) is 0 Å². The number of carboxylic acid groups (broad SMARTS) is 1. The van der Waals surface area contributed by atoms with Crippen LogP contribution in [0.2, 0.25) is 0 Å². The first-order chi connectivity index (χ1) is 10.2. The minimum absolute atomic E-state index is 0. The predicted octanol–water partition coefficient (Wildman–Crippen LogP) is 3.05. The highest BCUT2D eigenvalue weighted by Gasteiger charge is 2.26. The molecule has 1 fully saturated rings. The minimum Gasteiger partial charge on any atom is -0.478 e. The SMILES string of the molecule is Cl.O=C(O)c1cnc2c(c1)C=CC=C1C=C3NCCC3C=C12. The first kappa shape index (κ1) is 14.6. The molecule has 1 aromatic heterocycles. The van der Waals surface area contributed by atoms with Gasteiger partial charge in [0.25, 0.3) is 0 Å². The normalized spacial score (nSPS) is 20.9. The number of hydrogen-bond acceptors (Lipinski definition) is 3. The molecule has 0 bridgehead atoms. The Hall–Kier alpha value is -2.33. The van der Waals surface area contributed by atoms with Crippen molar-refractivity contribution in [2.75, 3.05) is 6.54 Å². The summed E-state index contributed by atoms with van der Waals surface area (Å²) >= 11 is 0. The van der Waals surface area contributed by atoms with Gasteiger partial charge in [-0.15, -0.1) is 12.4 Å². The lowest BCUT2D eigenvalue weighted by atomic mass is 9.88. The standard InChI is InChI=1S/C17H14N2O2.ClH/c20-17(21)13-6-12-3-1-2-10-8-15-11(4-5-18-15)7-14(10)16(12)19-9-13;/h1-3,6-9,11,18H,4-5H2,(H,20,21);1H. The van der Waals surface area contributed by atoms with Crippen LogP contribution in [-0.4, -0.2) is 22.6 Å². The van der Waals surface area contributed by atoms with Gasteiger partial charge in [0.2, 0.25) is 0 Å². The van der Waals surface area contributed by atoms with Crippen LogP contribution >= 0.6 is 12.4 Å². The lowest BCUT2D eigenvalue weighted by Gasteiger charge is -2.19. The number of pyridine rings is 1. The fourth-order valence-corrected chi connectivity index (χ4v) is 3.09. The van der Waals surface area contributed by atoms with Gasteiger partial charge < -0.3 is 10.4 Å². The molecule has 0 spiro atoms. The van der Waals surface area contributed by atoms with Gasteiger partial charge in [0, 0.05) is 35.5 Å². The van der Waals surface area contributed by atoms with E-state index in [9.17, 15) is 4.79 Å². The second kappa shape index (κ2) is 5.46. The van der Waals surface area contributed by atoms with E-state index in [1.165, 1.54) is 11.9 Å². The van der Waals surface area contributed by atoms with Crippen molar-refractivity contribution in [1.82, 2.24) is 10.3 Å². The van der Waals surface area contributed by atoms with E-state index < -0.39 is 5.97 Å². The quantitative estimate of drug-likeness (QED) is 0.836. The highest BCUT2D eigenvalue weighted by atomic mass is 35.5. The monoisotopic (exact) mass is 314 g/mol. The number of halogens is 1. The Balaban J connectivity index is 0.00000144. The number of hydrogen-bond donors (Lipinski definition) is 2. The molecule has 0 radical (unpaired) electrons. The average Bonchev–Trinajstić information content (AvgIpc) is 2.85. The fraction of sp³-hybridized carbons (Fsp3) is 0.176. The summed E-state index contributed by atoms with van der Waals surface area (Å²) < 4.78 is 0. The maximum absolute atomic E-state index is 11.1. The molecule has 22 heavy (non-hydrogen) atoms. The third-order valence-electron chi connectivity index (χ3n) is 4.14. The van der Waals surface area contributed by atoms with Crippen LogP contribution in [0.4, 0.5) is 0 Å². The van der Waals surface area contributed by atoms with Crippen LogP contribution in [0.3, 0.4) is 0 Å². The largest absolute Gasteiger partial charge is 0.478 e. The summed E-state index contributed by atoms with van der Waals surface area (Å²) in [4.78, 5) is 15.5. The first-order valence-electron chi connectivity index (χ1n) is 7.02. The van der Waals surface area contributed by atoms with Crippen LogP contribution in [0.5, 0.6) is 0 Å². The number of carboxylic acids is 1. The molecule has 1 aromatic rings. The molecule has 5 heteroatoms. The highest BCUT2D eigenvalue weighted by molar-refractivity contribution is 5.92. The Labute approximate surface area is 134 Å². The van der Waals surface area contributed by atoms with E-state index in [1.54, 1.807) is 6.07 Å². The lowest BCUT2D eigenvalue weighted by molar-refractivity contribution is 0.0696. The molecule has 0 aromatic carbocycles. The molecule has 112 valence electrons. The fourth-order valence-electron chi connectivity index (χ4n) is 3.09. The number of rotatable bonds is 1. The maximum atomic E-state index is 11.1. The summed E-state index contributed by atoms with van der Waals surface area (Å²) in [5, 5.41) is 12.5. The van der Waals surface area contributed by atoms with E-state index in [0.717, 1.165) is 35.4 Å². The number of aromatic nitrogens is 1. The van der Waals surface area contributed by atoms with Crippen molar-refractivity contribution >= 4 is 30.0 Å². The lowest BCUT2D eigenvalue weighted by Crippen LogP contribution is -2.11. The van der Waals surface area contributed by atoms with E-state index in [4.69, 9.17) is 5.11 Å². The Kier molecular flexibility index (Phi) is 3.62. The number of aromatic carboxylic acids is 1. The molecule has 2 N–H and O–H groups in total. The third-order valence-corrected chi connectivity index (χ3v) is 4.14. The van der Waals surface area contributed by atoms with E-state index in [0.29, 0.717) is 5.92 Å². The Morgan fingerprint density at radius 1 is 1.41 bits per heavy atom. The molecule has 0 saturated carbocycles. The molecule has 2 heterocycles. The van der Waals surface area contributed by atoms with Crippen molar-refractivity contribution in [3.05, 3.63) is 64.7 Å². The Bertz CT molecular complexity index is 775. The van der Waals surface area contributed by atoms with Gasteiger partial charge in [-0.1, -0.05) is 24.3 Å². The van der Waals surface area contributed by atoms with E-state index >= 15 is 0 Å². The van der Waals surface area contributed by atoms with Crippen molar-refractivity contribution in [3.63, 3.8) is 0 Å². The Morgan fingerprint density at radius 3 is 3.09 bits per heavy atom. The van der Waals surface area contributed by atoms with Gasteiger partial charge >= 0.3 is 5.97 Å². The molecule has 2 aliphatic carbocycles. The number of allylic oxidation sites excluding steroid dienone is 6. The van der Waals surface area contributed by atoms with E-state index in [-0.39, 0.29) is 18.0 Å². The number of fused-ring (bicyclic) bond motifs is 4. The summed E-state index contributed by atoms with van der Waals surface area (Å²) in [5.41, 5.74) is 5.43. The molecule has 1 atom stereocenters. The van der Waals surface area contributed by atoms with Crippen molar-refractivity contribution in [1.29, 1.82) is 0 Å². The van der Waals surface area contributed by atoms with Gasteiger partial charge in [-0.2, -0.15) is 0 Å². The van der Waals surface area contributed by atoms with Crippen LogP contribution in [-0.2, 0) is 0 Å². The van der Waals surface area contributed by atoms with E-state index in [1.807, 2.05) is 12.2 Å². The number of nitrogens with zero attached hydrogens (tertiary/aromatic N) is 1. The van der Waals surface area contributed by atoms with Crippen LogP contribution < -0.4 is 5.32 Å². The van der Waals surface area contributed by atoms with Crippen molar-refractivity contribution in [2.24, 2.45) is 5.92 Å². The Morgan fingerprint density at radius 2 is 2.27 bits per heavy atom. The molecule has 3 aliphatic rings. The van der Waals surface area contributed by atoms with Crippen molar-refractivity contribution in [2.45, 2.75) is 6.42 Å². The second-order valence-electron chi connectivity index (χ2n) is 5.45. The van der Waals surface area contributed by atoms with Crippen LogP contribution in [0, 0.1) is 5.92 Å². The molecule has 4 rings (SSSR count). The van der Waals surface area contributed by atoms with Crippen LogP contribution in [0.1, 0.15) is 28.0 Å². The first-order valence-corrected chi connectivity index (χ1v) is 7.02. The maximum Gasteiger partial charge on any atom is 0.337 e. The molecule has 4 nitrogen and oxygen atoms in total. The minimum atomic E-state index is -0.948. The summed E-state index contributed by atoms with van der Waals surface area (Å²) in [7, 11) is 0. The summed E-state index contributed by atoms with van der Waals surface area (Å²) in [6, 6.07) is 1.69. The van der Waals surface area contributed by atoms with Gasteiger partial charge in [0.1, 0.15) is 0 Å². The third kappa shape index (κ3) is 2.25. The summed E-state index contributed by atoms with van der Waals surface area (Å²) in [6.07, 6.45) is 12.9. The molecule has 1 saturated heterocycles. The molecule has 0 amide bonds. The summed E-state index contributed by atoms with van der Waals surface area (Å²) in [6.45, 7) is 1.00. The second-order valence-corrected chi connectivity index (χ2v) is 5.45. The molecule has 1 unspecified atom stereocenters. The molecule has 1 aliphatic heterocycles. The number of carbonyl (C=O) groups is 1. The zero-order valence-electron chi connectivity index (χ0n) is 11.7. The van der Waals surface area contributed by atoms with Crippen molar-refractivity contribution < 1.29 is 9.90 Å². The topological polar surface area (TPSA) is 62.2 Å². The van der Waals surface area contributed by atoms with Gasteiger partial charge in [-0.3, -0.25) is 4.98 Å². The predicted molar refractivity (Wildman–Crippen MR) is 87.7 cm³/mol. The number of nitrogens with one attached hydrogen (secondary N) is 1. The van der Waals surface area contributed by atoms with Crippen molar-refractivity contribution in [3.8, 4) is 0 Å². The van der Waals surface area contributed by atoms with Crippen LogP contribution in [0.25, 0.3) is 11.6 Å². The molecular formula is C17H15ClN2O2. The highest BCUT2D eigenvalue weighted by Crippen LogP contribution is 2.38. The summed E-state index contributed by atoms with van der Waals surface area (Å²) in [5.74, 6) is -0.528. The van der Waals surface area contributed by atoms with Crippen LogP contribution in [0.15, 0.2) is 47.8 Å². The van der Waals surface area contributed by atoms with Gasteiger partial charge in [0.05, 0.1) is 11.3 Å². The van der Waals surface area contributed by atoms with Gasteiger partial charge in [-0.25, -0.2) is 4.79 Å². The van der Waals surface area contributed by atoms with Gasteiger partial charge in [-0.05, 0) is 24.1 Å². The van der Waals surface area contributed by atoms with E-state index in [2.05, 4.69) is 28.5 Å². The zero-order chi connectivity index (χ0) is 14.4. The zero-order valence-corrected chi connectivity index (χ0v) is 12.6. The molecular weight excluding hydrogens is 300 g/mol.